The van der Waals surface area contributed by atoms with Crippen molar-refractivity contribution in [1.29, 1.82) is 0 Å². The van der Waals surface area contributed by atoms with Crippen LogP contribution >= 0.6 is 0 Å². The summed E-state index contributed by atoms with van der Waals surface area (Å²) in [5.41, 5.74) is 2.49. The molecule has 0 unspecified atom stereocenters. The first-order valence-electron chi connectivity index (χ1n) is 8.93. The van der Waals surface area contributed by atoms with Gasteiger partial charge in [-0.25, -0.2) is 4.68 Å². The maximum atomic E-state index is 12.6. The van der Waals surface area contributed by atoms with Crippen molar-refractivity contribution < 1.29 is 14.3 Å². The van der Waals surface area contributed by atoms with Gasteiger partial charge in [-0.2, -0.15) is 5.10 Å². The Morgan fingerprint density at radius 1 is 1.14 bits per heavy atom. The Kier molecular flexibility index (Phi) is 4.17. The van der Waals surface area contributed by atoms with E-state index < -0.39 is 0 Å². The number of hydrogen-bond acceptors (Lipinski definition) is 6. The van der Waals surface area contributed by atoms with Crippen LogP contribution in [0.5, 0.6) is 11.5 Å². The van der Waals surface area contributed by atoms with E-state index in [0.29, 0.717) is 17.2 Å². The number of fused-ring (bicyclic) bond motifs is 2. The number of anilines is 1. The lowest BCUT2D eigenvalue weighted by atomic mass is 10.2. The number of nitrogens with one attached hydrogen (secondary N) is 1. The molecule has 144 valence electrons. The highest BCUT2D eigenvalue weighted by molar-refractivity contribution is 6.00. The molecule has 1 amide bonds. The maximum Gasteiger partial charge on any atom is 0.244 e. The van der Waals surface area contributed by atoms with Crippen molar-refractivity contribution in [1.82, 2.24) is 19.4 Å². The van der Waals surface area contributed by atoms with Gasteiger partial charge in [0.2, 0.25) is 12.7 Å². The summed E-state index contributed by atoms with van der Waals surface area (Å²) in [5.74, 6) is 1.16. The van der Waals surface area contributed by atoms with Crippen LogP contribution in [-0.2, 0) is 11.3 Å². The van der Waals surface area contributed by atoms with Gasteiger partial charge in [0.1, 0.15) is 19.2 Å². The van der Waals surface area contributed by atoms with E-state index in [2.05, 4.69) is 20.6 Å². The van der Waals surface area contributed by atoms with Crippen LogP contribution in [0.4, 0.5) is 5.69 Å². The molecule has 1 N–H and O–H groups in total. The van der Waals surface area contributed by atoms with Crippen LogP contribution < -0.4 is 14.8 Å². The molecule has 2 aromatic heterocycles. The summed E-state index contributed by atoms with van der Waals surface area (Å²) in [7, 11) is 0. The van der Waals surface area contributed by atoms with Gasteiger partial charge in [-0.05, 0) is 18.2 Å². The van der Waals surface area contributed by atoms with Gasteiger partial charge < -0.3 is 19.4 Å². The molecule has 0 spiro atoms. The molecule has 1 aliphatic rings. The van der Waals surface area contributed by atoms with Gasteiger partial charge in [0.15, 0.2) is 11.5 Å². The number of rotatable bonds is 5. The third-order valence-corrected chi connectivity index (χ3v) is 4.53. The molecule has 9 heteroatoms. The Morgan fingerprint density at radius 3 is 2.86 bits per heavy atom. The Morgan fingerprint density at radius 2 is 1.97 bits per heavy atom. The van der Waals surface area contributed by atoms with Crippen molar-refractivity contribution in [2.45, 2.75) is 6.54 Å². The van der Waals surface area contributed by atoms with Crippen LogP contribution in [0.25, 0.3) is 10.9 Å². The molecule has 29 heavy (non-hydrogen) atoms. The third kappa shape index (κ3) is 3.41. The number of benzene rings is 2. The minimum absolute atomic E-state index is 0.146. The van der Waals surface area contributed by atoms with Crippen LogP contribution in [0.15, 0.2) is 66.4 Å². The van der Waals surface area contributed by atoms with Crippen molar-refractivity contribution in [3.05, 3.63) is 66.9 Å². The van der Waals surface area contributed by atoms with E-state index in [1.807, 2.05) is 35.0 Å². The maximum absolute atomic E-state index is 12.6. The lowest BCUT2D eigenvalue weighted by Gasteiger charge is -2.08. The number of hydrogen-bond donors (Lipinski definition) is 1. The molecule has 1 aliphatic heterocycles. The zero-order chi connectivity index (χ0) is 19.6. The predicted octanol–water partition coefficient (Wildman–Crippen LogP) is 2.48. The van der Waals surface area contributed by atoms with Gasteiger partial charge in [-0.1, -0.05) is 18.2 Å². The molecule has 4 aromatic rings. The van der Waals surface area contributed by atoms with Crippen LogP contribution in [0.3, 0.4) is 0 Å². The van der Waals surface area contributed by atoms with E-state index in [9.17, 15) is 4.79 Å². The smallest absolute Gasteiger partial charge is 0.244 e. The van der Waals surface area contributed by atoms with E-state index in [-0.39, 0.29) is 19.2 Å². The number of nitrogens with zero attached hydrogens (tertiary/aromatic N) is 5. The van der Waals surface area contributed by atoms with Crippen molar-refractivity contribution in [3.8, 4) is 11.5 Å². The van der Waals surface area contributed by atoms with Gasteiger partial charge in [0.05, 0.1) is 6.21 Å². The highest BCUT2D eigenvalue weighted by Crippen LogP contribution is 2.34. The first-order chi connectivity index (χ1) is 14.3. The zero-order valence-corrected chi connectivity index (χ0v) is 15.2. The molecule has 0 atom stereocenters. The fraction of sp³-hybridized carbons (Fsp3) is 0.100. The summed E-state index contributed by atoms with van der Waals surface area (Å²) in [5, 5.41) is 15.7. The summed E-state index contributed by atoms with van der Waals surface area (Å²) in [6, 6.07) is 13.2. The van der Waals surface area contributed by atoms with Crippen molar-refractivity contribution in [2.24, 2.45) is 5.10 Å². The first-order valence-corrected chi connectivity index (χ1v) is 8.93. The Hall–Kier alpha value is -4.14. The molecule has 9 nitrogen and oxygen atoms in total. The minimum atomic E-state index is -0.146. The number of ether oxygens (including phenoxy) is 2. The lowest BCUT2D eigenvalue weighted by molar-refractivity contribution is -0.116. The van der Waals surface area contributed by atoms with Crippen molar-refractivity contribution in [3.63, 3.8) is 0 Å². The van der Waals surface area contributed by atoms with Gasteiger partial charge in [0, 0.05) is 34.4 Å². The average Bonchev–Trinajstić information content (AvgIpc) is 3.47. The third-order valence-electron chi connectivity index (χ3n) is 4.53. The topological polar surface area (TPSA) is 95.6 Å². The Balaban J connectivity index is 1.38. The van der Waals surface area contributed by atoms with Crippen LogP contribution in [0.2, 0.25) is 0 Å². The van der Waals surface area contributed by atoms with E-state index in [1.54, 1.807) is 24.4 Å². The van der Waals surface area contributed by atoms with E-state index >= 15 is 0 Å². The second kappa shape index (κ2) is 7.12. The molecular formula is C20H16N6O3. The minimum Gasteiger partial charge on any atom is -0.454 e. The highest BCUT2D eigenvalue weighted by Gasteiger charge is 2.15. The molecule has 3 heterocycles. The van der Waals surface area contributed by atoms with Crippen LogP contribution in [-0.4, -0.2) is 38.4 Å². The summed E-state index contributed by atoms with van der Waals surface area (Å²) >= 11 is 0. The fourth-order valence-electron chi connectivity index (χ4n) is 3.22. The number of aromatic nitrogens is 4. The molecule has 0 fully saturated rings. The van der Waals surface area contributed by atoms with Gasteiger partial charge in [0.25, 0.3) is 0 Å². The average molecular weight is 388 g/mol. The van der Waals surface area contributed by atoms with Crippen LogP contribution in [0.1, 0.15) is 5.56 Å². The molecule has 0 saturated carbocycles. The summed E-state index contributed by atoms with van der Waals surface area (Å²) < 4.78 is 14.1. The van der Waals surface area contributed by atoms with Crippen LogP contribution in [0, 0.1) is 0 Å². The summed E-state index contributed by atoms with van der Waals surface area (Å²) in [4.78, 5) is 12.6. The molecule has 0 aliphatic carbocycles. The van der Waals surface area contributed by atoms with E-state index in [4.69, 9.17) is 9.47 Å². The number of para-hydroxylation sites is 1. The van der Waals surface area contributed by atoms with Crippen molar-refractivity contribution >= 4 is 28.7 Å². The lowest BCUT2D eigenvalue weighted by Crippen LogP contribution is -2.18. The summed E-state index contributed by atoms with van der Waals surface area (Å²) in [6.45, 7) is 0.358. The Bertz CT molecular complexity index is 1210. The van der Waals surface area contributed by atoms with E-state index in [1.165, 1.54) is 17.3 Å². The molecular weight excluding hydrogens is 372 g/mol. The molecule has 5 rings (SSSR count). The van der Waals surface area contributed by atoms with Gasteiger partial charge >= 0.3 is 0 Å². The number of carbonyl (C=O) groups excluding carboxylic acids is 1. The summed E-state index contributed by atoms with van der Waals surface area (Å²) in [6.07, 6.45) is 6.64. The van der Waals surface area contributed by atoms with E-state index in [0.717, 1.165) is 16.5 Å². The highest BCUT2D eigenvalue weighted by atomic mass is 16.7. The monoisotopic (exact) mass is 388 g/mol. The normalized spacial score (nSPS) is 12.7. The Labute approximate surface area is 165 Å². The molecule has 0 bridgehead atoms. The molecule has 2 aromatic carbocycles. The largest absolute Gasteiger partial charge is 0.454 e. The second-order valence-electron chi connectivity index (χ2n) is 6.43. The standard InChI is InChI=1S/C20H16N6O3/c27-20(24-15-5-6-18-19(7-15)29-13-28-18)10-25-9-14(8-23-26-11-21-22-12-26)16-3-1-2-4-17(16)25/h1-9,11-12H,10,13H2,(H,24,27)/b23-8+. The van der Waals surface area contributed by atoms with Gasteiger partial charge in [-0.15, -0.1) is 10.2 Å². The van der Waals surface area contributed by atoms with Crippen molar-refractivity contribution in [2.75, 3.05) is 12.1 Å². The zero-order valence-electron chi connectivity index (χ0n) is 15.2. The number of amides is 1. The SMILES string of the molecule is O=C(Cn1cc(/C=N/n2cnnc2)c2ccccc21)Nc1ccc2c(c1)OCO2. The molecule has 0 radical (unpaired) electrons. The van der Waals surface area contributed by atoms with Gasteiger partial charge in [-0.3, -0.25) is 4.79 Å². The molecule has 0 saturated heterocycles. The number of carbonyl (C=O) groups is 1. The predicted molar refractivity (Wildman–Crippen MR) is 106 cm³/mol. The fourth-order valence-corrected chi connectivity index (χ4v) is 3.22. The quantitative estimate of drug-likeness (QED) is 0.530. The first kappa shape index (κ1) is 17.0. The second-order valence-corrected chi connectivity index (χ2v) is 6.43.